The van der Waals surface area contributed by atoms with E-state index in [1.807, 2.05) is 49.4 Å². The Kier molecular flexibility index (Phi) is 9.87. The summed E-state index contributed by atoms with van der Waals surface area (Å²) in [5, 5.41) is 9.34. The van der Waals surface area contributed by atoms with E-state index in [4.69, 9.17) is 31.2 Å². The van der Waals surface area contributed by atoms with Crippen LogP contribution in [0.15, 0.2) is 100 Å². The molecular formula is C34H34BrClN4O3S. The highest BCUT2D eigenvalue weighted by molar-refractivity contribution is 9.10. The summed E-state index contributed by atoms with van der Waals surface area (Å²) in [6.45, 7) is 12.5. The van der Waals surface area contributed by atoms with Crippen molar-refractivity contribution in [2.75, 3.05) is 11.9 Å². The first-order valence-electron chi connectivity index (χ1n) is 14.2. The molecule has 0 amide bonds. The van der Waals surface area contributed by atoms with E-state index >= 15 is 0 Å². The van der Waals surface area contributed by atoms with Crippen LogP contribution < -0.4 is 10.1 Å². The smallest absolute Gasteiger partial charge is 0.338 e. The average molecular weight is 694 g/mol. The van der Waals surface area contributed by atoms with Crippen molar-refractivity contribution in [1.82, 2.24) is 14.8 Å². The first-order valence-corrected chi connectivity index (χ1v) is 16.3. The fourth-order valence-corrected chi connectivity index (χ4v) is 6.33. The van der Waals surface area contributed by atoms with Crippen molar-refractivity contribution in [3.8, 4) is 5.75 Å². The maximum absolute atomic E-state index is 13.5. The number of ether oxygens (including phenoxy) is 2. The molecule has 3 aromatic carbocycles. The van der Waals surface area contributed by atoms with Gasteiger partial charge in [-0.15, -0.1) is 5.10 Å². The van der Waals surface area contributed by atoms with Crippen LogP contribution in [0.25, 0.3) is 0 Å². The second-order valence-electron chi connectivity index (χ2n) is 11.4. The van der Waals surface area contributed by atoms with Gasteiger partial charge in [-0.1, -0.05) is 115 Å². The number of nitrogens with zero attached hydrogens (tertiary/aromatic N) is 3. The van der Waals surface area contributed by atoms with E-state index in [0.29, 0.717) is 45.5 Å². The maximum atomic E-state index is 13.5. The van der Waals surface area contributed by atoms with E-state index < -0.39 is 12.0 Å². The van der Waals surface area contributed by atoms with Crippen LogP contribution in [0, 0.1) is 0 Å². The Bertz CT molecular complexity index is 1710. The van der Waals surface area contributed by atoms with E-state index in [9.17, 15) is 4.79 Å². The lowest BCUT2D eigenvalue weighted by Gasteiger charge is -2.29. The number of rotatable bonds is 10. The van der Waals surface area contributed by atoms with Crippen LogP contribution in [0.1, 0.15) is 56.0 Å². The third-order valence-corrected chi connectivity index (χ3v) is 8.93. The van der Waals surface area contributed by atoms with E-state index in [1.165, 1.54) is 17.3 Å². The predicted molar refractivity (Wildman–Crippen MR) is 180 cm³/mol. The fourth-order valence-electron chi connectivity index (χ4n) is 4.84. The predicted octanol–water partition coefficient (Wildman–Crippen LogP) is 8.88. The van der Waals surface area contributed by atoms with E-state index in [1.54, 1.807) is 10.8 Å². The second-order valence-corrected chi connectivity index (χ2v) is 13.7. The number of carbonyl (C=O) groups excluding carboxylic acids is 1. The van der Waals surface area contributed by atoms with Gasteiger partial charge in [0.15, 0.2) is 0 Å². The summed E-state index contributed by atoms with van der Waals surface area (Å²) in [6.07, 6.45) is 1.54. The van der Waals surface area contributed by atoms with Crippen molar-refractivity contribution < 1.29 is 14.3 Å². The summed E-state index contributed by atoms with van der Waals surface area (Å²) in [4.78, 5) is 18.3. The molecule has 1 aliphatic rings. The lowest BCUT2D eigenvalue weighted by atomic mass is 9.87. The monoisotopic (exact) mass is 692 g/mol. The molecule has 4 aromatic rings. The van der Waals surface area contributed by atoms with E-state index in [2.05, 4.69) is 72.9 Å². The number of halogens is 2. The number of aromatic nitrogens is 3. The van der Waals surface area contributed by atoms with Crippen molar-refractivity contribution in [3.63, 3.8) is 0 Å². The Morgan fingerprint density at radius 1 is 1.16 bits per heavy atom. The zero-order valence-electron chi connectivity index (χ0n) is 25.1. The van der Waals surface area contributed by atoms with Gasteiger partial charge in [0, 0.05) is 26.5 Å². The van der Waals surface area contributed by atoms with Gasteiger partial charge in [-0.2, -0.15) is 4.98 Å². The first kappa shape index (κ1) is 31.9. The Morgan fingerprint density at radius 2 is 1.91 bits per heavy atom. The molecule has 0 saturated carbocycles. The number of allylic oxidation sites excluding steroid dienone is 1. The van der Waals surface area contributed by atoms with E-state index in [0.717, 1.165) is 21.2 Å². The molecule has 1 aliphatic heterocycles. The number of hydrogen-bond acceptors (Lipinski definition) is 7. The van der Waals surface area contributed by atoms with Crippen LogP contribution in [0.5, 0.6) is 5.75 Å². The molecule has 7 nitrogen and oxygen atoms in total. The van der Waals surface area contributed by atoms with Crippen molar-refractivity contribution in [2.24, 2.45) is 0 Å². The SMILES string of the molecule is C=CCOC(=O)C1=C(C)Nc2nc(SCc3ccccc3Cl)nn2C1c1cc(Br)ccc1OCc1ccc(C(C)(C)C)cc1. The number of fused-ring (bicyclic) bond motifs is 1. The Balaban J connectivity index is 1.51. The average Bonchev–Trinajstić information content (AvgIpc) is 3.40. The van der Waals surface area contributed by atoms with Crippen LogP contribution in [-0.4, -0.2) is 27.3 Å². The van der Waals surface area contributed by atoms with Crippen molar-refractivity contribution >= 4 is 51.2 Å². The highest BCUT2D eigenvalue weighted by Crippen LogP contribution is 2.42. The minimum atomic E-state index is -0.665. The van der Waals surface area contributed by atoms with Crippen molar-refractivity contribution in [1.29, 1.82) is 0 Å². The minimum Gasteiger partial charge on any atom is -0.489 e. The number of anilines is 1. The molecule has 0 fully saturated rings. The van der Waals surface area contributed by atoms with Gasteiger partial charge in [0.05, 0.1) is 5.57 Å². The maximum Gasteiger partial charge on any atom is 0.338 e. The molecule has 0 saturated heterocycles. The number of benzene rings is 3. The molecule has 0 aliphatic carbocycles. The Morgan fingerprint density at radius 3 is 2.61 bits per heavy atom. The van der Waals surface area contributed by atoms with E-state index in [-0.39, 0.29) is 12.0 Å². The van der Waals surface area contributed by atoms with Gasteiger partial charge in [0.2, 0.25) is 11.1 Å². The lowest BCUT2D eigenvalue weighted by Crippen LogP contribution is -2.30. The highest BCUT2D eigenvalue weighted by atomic mass is 79.9. The molecule has 1 atom stereocenters. The largest absolute Gasteiger partial charge is 0.489 e. The van der Waals surface area contributed by atoms with Crippen LogP contribution in [0.2, 0.25) is 5.02 Å². The summed E-state index contributed by atoms with van der Waals surface area (Å²) < 4.78 is 14.5. The molecule has 1 unspecified atom stereocenters. The van der Waals surface area contributed by atoms with Crippen LogP contribution >= 0.6 is 39.3 Å². The molecule has 0 spiro atoms. The van der Waals surface area contributed by atoms with Crippen LogP contribution in [-0.2, 0) is 27.3 Å². The van der Waals surface area contributed by atoms with Gasteiger partial charge in [0.25, 0.3) is 0 Å². The molecule has 1 N–H and O–H groups in total. The number of nitrogens with one attached hydrogen (secondary N) is 1. The number of thioether (sulfide) groups is 1. The summed E-state index contributed by atoms with van der Waals surface area (Å²) in [5.41, 5.74) is 5.11. The van der Waals surface area contributed by atoms with Gasteiger partial charge in [0.1, 0.15) is 25.0 Å². The Hall–Kier alpha value is -3.53. The Labute approximate surface area is 275 Å². The molecule has 0 radical (unpaired) electrons. The summed E-state index contributed by atoms with van der Waals surface area (Å²) in [6, 6.07) is 21.2. The van der Waals surface area contributed by atoms with Gasteiger partial charge < -0.3 is 14.8 Å². The standard InChI is InChI=1S/C34H34BrClN4O3S/c1-6-17-42-31(41)29-21(2)37-32-38-33(44-20-23-9-7-8-10-27(23)36)39-40(32)30(29)26-18-25(35)15-16-28(26)43-19-22-11-13-24(14-12-22)34(3,4)5/h6-16,18,30H,1,17,19-20H2,2-5H3,(H,37,38,39). The normalized spacial score (nSPS) is 14.5. The topological polar surface area (TPSA) is 78.3 Å². The van der Waals surface area contributed by atoms with Crippen molar-refractivity contribution in [2.45, 2.75) is 56.7 Å². The number of esters is 1. The van der Waals surface area contributed by atoms with Gasteiger partial charge in [-0.25, -0.2) is 9.48 Å². The number of hydrogen-bond donors (Lipinski definition) is 1. The molecule has 5 rings (SSSR count). The fraction of sp³-hybridized carbons (Fsp3) is 0.265. The minimum absolute atomic E-state index is 0.0636. The van der Waals surface area contributed by atoms with Gasteiger partial charge in [-0.05, 0) is 53.3 Å². The quantitative estimate of drug-likeness (QED) is 0.101. The lowest BCUT2D eigenvalue weighted by molar-refractivity contribution is -0.138. The molecular weight excluding hydrogens is 660 g/mol. The molecule has 228 valence electrons. The van der Waals surface area contributed by atoms with Crippen LogP contribution in [0.3, 0.4) is 0 Å². The third-order valence-electron chi connectivity index (χ3n) is 7.18. The summed E-state index contributed by atoms with van der Waals surface area (Å²) in [7, 11) is 0. The first-order chi connectivity index (χ1) is 21.0. The molecule has 44 heavy (non-hydrogen) atoms. The molecule has 10 heteroatoms. The zero-order chi connectivity index (χ0) is 31.4. The van der Waals surface area contributed by atoms with Crippen molar-refractivity contribution in [3.05, 3.63) is 122 Å². The van der Waals surface area contributed by atoms with Gasteiger partial charge >= 0.3 is 5.97 Å². The summed E-state index contributed by atoms with van der Waals surface area (Å²) >= 11 is 11.5. The third kappa shape index (κ3) is 7.22. The summed E-state index contributed by atoms with van der Waals surface area (Å²) in [5.74, 6) is 1.25. The zero-order valence-corrected chi connectivity index (χ0v) is 28.2. The molecule has 2 heterocycles. The van der Waals surface area contributed by atoms with Crippen LogP contribution in [0.4, 0.5) is 5.95 Å². The second kappa shape index (κ2) is 13.6. The molecule has 0 bridgehead atoms. The molecule has 1 aromatic heterocycles. The highest BCUT2D eigenvalue weighted by Gasteiger charge is 2.37. The number of carbonyl (C=O) groups is 1. The van der Waals surface area contributed by atoms with Gasteiger partial charge in [-0.3, -0.25) is 0 Å².